The summed E-state index contributed by atoms with van der Waals surface area (Å²) in [6.45, 7) is 7.35. The molecule has 5 nitrogen and oxygen atoms in total. The van der Waals surface area contributed by atoms with Crippen LogP contribution in [-0.4, -0.2) is 28.6 Å². The van der Waals surface area contributed by atoms with Crippen molar-refractivity contribution in [3.63, 3.8) is 0 Å². The monoisotopic (exact) mass is 381 g/mol. The second kappa shape index (κ2) is 9.92. The second-order valence-electron chi connectivity index (χ2n) is 6.45. The number of rotatable bonds is 8. The lowest BCUT2D eigenvalue weighted by atomic mass is 10.1. The Balaban J connectivity index is 1.61. The minimum Gasteiger partial charge on any atom is -0.357 e. The Morgan fingerprint density at radius 1 is 1.19 bits per heavy atom. The summed E-state index contributed by atoms with van der Waals surface area (Å²) in [6, 6.07) is 14.7. The number of imidazole rings is 1. The Morgan fingerprint density at radius 3 is 2.78 bits per heavy atom. The van der Waals surface area contributed by atoms with E-state index < -0.39 is 0 Å². The van der Waals surface area contributed by atoms with E-state index in [0.29, 0.717) is 12.5 Å². The SMILES string of the molecule is CCNC(=NCc1nccn1Cc1ccccc1)NCC(C)c1cccs1. The lowest BCUT2D eigenvalue weighted by Crippen LogP contribution is -2.39. The number of aromatic nitrogens is 2. The molecule has 1 atom stereocenters. The molecule has 0 aliphatic heterocycles. The molecule has 27 heavy (non-hydrogen) atoms. The molecule has 0 aliphatic carbocycles. The van der Waals surface area contributed by atoms with Gasteiger partial charge >= 0.3 is 0 Å². The summed E-state index contributed by atoms with van der Waals surface area (Å²) in [5.74, 6) is 2.24. The third-order valence-corrected chi connectivity index (χ3v) is 5.43. The van der Waals surface area contributed by atoms with Gasteiger partial charge in [0.2, 0.25) is 0 Å². The summed E-state index contributed by atoms with van der Waals surface area (Å²) >= 11 is 1.80. The quantitative estimate of drug-likeness (QED) is 0.460. The van der Waals surface area contributed by atoms with E-state index in [1.807, 2.05) is 18.5 Å². The molecule has 6 heteroatoms. The lowest BCUT2D eigenvalue weighted by Gasteiger charge is -2.15. The Labute approximate surface area is 165 Å². The van der Waals surface area contributed by atoms with Crippen molar-refractivity contribution in [3.8, 4) is 0 Å². The van der Waals surface area contributed by atoms with Gasteiger partial charge in [-0.05, 0) is 23.9 Å². The van der Waals surface area contributed by atoms with Gasteiger partial charge in [-0.2, -0.15) is 0 Å². The average Bonchev–Trinajstić information content (AvgIpc) is 3.37. The fourth-order valence-corrected chi connectivity index (χ4v) is 3.62. The van der Waals surface area contributed by atoms with Gasteiger partial charge in [-0.15, -0.1) is 11.3 Å². The van der Waals surface area contributed by atoms with Crippen LogP contribution in [-0.2, 0) is 13.1 Å². The van der Waals surface area contributed by atoms with Crippen molar-refractivity contribution in [1.82, 2.24) is 20.2 Å². The first kappa shape index (κ1) is 19.2. The van der Waals surface area contributed by atoms with Gasteiger partial charge in [0, 0.05) is 42.8 Å². The summed E-state index contributed by atoms with van der Waals surface area (Å²) in [6.07, 6.45) is 3.85. The van der Waals surface area contributed by atoms with Crippen LogP contribution >= 0.6 is 11.3 Å². The summed E-state index contributed by atoms with van der Waals surface area (Å²) in [5, 5.41) is 8.89. The van der Waals surface area contributed by atoms with E-state index in [0.717, 1.165) is 31.4 Å². The largest absolute Gasteiger partial charge is 0.357 e. The molecule has 0 spiro atoms. The molecule has 0 saturated carbocycles. The van der Waals surface area contributed by atoms with Crippen molar-refractivity contribution in [2.75, 3.05) is 13.1 Å². The fraction of sp³-hybridized carbons (Fsp3) is 0.333. The van der Waals surface area contributed by atoms with Gasteiger partial charge in [0.05, 0.1) is 0 Å². The van der Waals surface area contributed by atoms with Crippen molar-refractivity contribution in [3.05, 3.63) is 76.5 Å². The Bertz CT molecular complexity index is 823. The first-order valence-corrected chi connectivity index (χ1v) is 10.2. The Kier molecular flexibility index (Phi) is 7.04. The highest BCUT2D eigenvalue weighted by Crippen LogP contribution is 2.19. The molecule has 3 aromatic rings. The lowest BCUT2D eigenvalue weighted by molar-refractivity contribution is 0.696. The number of thiophene rings is 1. The fourth-order valence-electron chi connectivity index (χ4n) is 2.83. The van der Waals surface area contributed by atoms with E-state index in [1.54, 1.807) is 11.3 Å². The maximum Gasteiger partial charge on any atom is 0.191 e. The van der Waals surface area contributed by atoms with Crippen LogP contribution in [0.2, 0.25) is 0 Å². The third-order valence-electron chi connectivity index (χ3n) is 4.32. The van der Waals surface area contributed by atoms with Crippen molar-refractivity contribution in [1.29, 1.82) is 0 Å². The average molecular weight is 382 g/mol. The molecule has 0 saturated heterocycles. The third kappa shape index (κ3) is 5.69. The minimum absolute atomic E-state index is 0.453. The van der Waals surface area contributed by atoms with Crippen LogP contribution in [0, 0.1) is 0 Å². The van der Waals surface area contributed by atoms with Crippen LogP contribution in [0.1, 0.15) is 36.0 Å². The van der Waals surface area contributed by atoms with E-state index >= 15 is 0 Å². The van der Waals surface area contributed by atoms with Crippen LogP contribution in [0.5, 0.6) is 0 Å². The summed E-state index contributed by atoms with van der Waals surface area (Å²) in [7, 11) is 0. The first-order valence-electron chi connectivity index (χ1n) is 9.35. The summed E-state index contributed by atoms with van der Waals surface area (Å²) < 4.78 is 2.15. The number of nitrogens with one attached hydrogen (secondary N) is 2. The topological polar surface area (TPSA) is 54.2 Å². The number of nitrogens with zero attached hydrogens (tertiary/aromatic N) is 3. The van der Waals surface area contributed by atoms with E-state index in [9.17, 15) is 0 Å². The molecular weight excluding hydrogens is 354 g/mol. The van der Waals surface area contributed by atoms with Crippen molar-refractivity contribution in [2.24, 2.45) is 4.99 Å². The van der Waals surface area contributed by atoms with Crippen LogP contribution in [0.15, 0.2) is 65.2 Å². The van der Waals surface area contributed by atoms with E-state index in [4.69, 9.17) is 4.99 Å². The molecule has 2 heterocycles. The Morgan fingerprint density at radius 2 is 2.04 bits per heavy atom. The number of guanidine groups is 1. The van der Waals surface area contributed by atoms with E-state index in [2.05, 4.69) is 75.8 Å². The van der Waals surface area contributed by atoms with E-state index in [1.165, 1.54) is 10.4 Å². The zero-order valence-corrected chi connectivity index (χ0v) is 16.7. The van der Waals surface area contributed by atoms with E-state index in [-0.39, 0.29) is 0 Å². The molecule has 0 bridgehead atoms. The molecule has 3 rings (SSSR count). The van der Waals surface area contributed by atoms with Crippen LogP contribution in [0.25, 0.3) is 0 Å². The van der Waals surface area contributed by atoms with Gasteiger partial charge in [0.1, 0.15) is 12.4 Å². The molecule has 0 radical (unpaired) electrons. The number of benzene rings is 1. The highest BCUT2D eigenvalue weighted by Gasteiger charge is 2.08. The second-order valence-corrected chi connectivity index (χ2v) is 7.43. The predicted octanol–water partition coefficient (Wildman–Crippen LogP) is 3.85. The number of aliphatic imine (C=N–C) groups is 1. The molecule has 1 unspecified atom stereocenters. The smallest absolute Gasteiger partial charge is 0.191 e. The maximum absolute atomic E-state index is 4.73. The molecule has 2 aromatic heterocycles. The van der Waals surface area contributed by atoms with Gasteiger partial charge in [-0.3, -0.25) is 0 Å². The van der Waals surface area contributed by atoms with Gasteiger partial charge in [-0.1, -0.05) is 43.3 Å². The van der Waals surface area contributed by atoms with Crippen molar-refractivity contribution in [2.45, 2.75) is 32.9 Å². The normalized spacial score (nSPS) is 12.7. The van der Waals surface area contributed by atoms with Crippen LogP contribution < -0.4 is 10.6 Å². The summed E-state index contributed by atoms with van der Waals surface area (Å²) in [5.41, 5.74) is 1.26. The molecule has 2 N–H and O–H groups in total. The van der Waals surface area contributed by atoms with Gasteiger partial charge < -0.3 is 15.2 Å². The maximum atomic E-state index is 4.73. The molecule has 142 valence electrons. The number of hydrogen-bond donors (Lipinski definition) is 2. The van der Waals surface area contributed by atoms with Crippen molar-refractivity contribution < 1.29 is 0 Å². The highest BCUT2D eigenvalue weighted by molar-refractivity contribution is 7.10. The molecular formula is C21H27N5S. The van der Waals surface area contributed by atoms with Crippen molar-refractivity contribution >= 4 is 17.3 Å². The molecule has 0 fully saturated rings. The summed E-state index contributed by atoms with van der Waals surface area (Å²) in [4.78, 5) is 10.6. The van der Waals surface area contributed by atoms with Crippen LogP contribution in [0.3, 0.4) is 0 Å². The van der Waals surface area contributed by atoms with Gasteiger partial charge in [-0.25, -0.2) is 9.98 Å². The zero-order chi connectivity index (χ0) is 18.9. The van der Waals surface area contributed by atoms with Crippen LogP contribution in [0.4, 0.5) is 0 Å². The van der Waals surface area contributed by atoms with Gasteiger partial charge in [0.25, 0.3) is 0 Å². The predicted molar refractivity (Wildman–Crippen MR) is 113 cm³/mol. The molecule has 1 aromatic carbocycles. The first-order chi connectivity index (χ1) is 13.3. The molecule has 0 amide bonds. The molecule has 0 aliphatic rings. The number of hydrogen-bond acceptors (Lipinski definition) is 3. The standard InChI is InChI=1S/C21H27N5S/c1-3-22-21(24-14-17(2)19-10-7-13-27-19)25-15-20-23-11-12-26(20)16-18-8-5-4-6-9-18/h4-13,17H,3,14-16H2,1-2H3,(H2,22,24,25). The Hall–Kier alpha value is -2.60. The highest BCUT2D eigenvalue weighted by atomic mass is 32.1. The zero-order valence-electron chi connectivity index (χ0n) is 15.9. The minimum atomic E-state index is 0.453. The van der Waals surface area contributed by atoms with Gasteiger partial charge in [0.15, 0.2) is 5.96 Å².